The van der Waals surface area contributed by atoms with E-state index in [0.29, 0.717) is 5.56 Å². The molecule has 11 heteroatoms. The van der Waals surface area contributed by atoms with Crippen molar-refractivity contribution in [1.82, 2.24) is 10.0 Å². The summed E-state index contributed by atoms with van der Waals surface area (Å²) < 4.78 is 29.1. The van der Waals surface area contributed by atoms with Gasteiger partial charge in [0, 0.05) is 0 Å². The van der Waals surface area contributed by atoms with Crippen LogP contribution in [0, 0.1) is 0 Å². The third-order valence-electron chi connectivity index (χ3n) is 3.19. The van der Waals surface area contributed by atoms with Crippen LogP contribution in [0.4, 0.5) is 0 Å². The molecule has 1 unspecified atom stereocenters. The second-order valence-electron chi connectivity index (χ2n) is 5.08. The molecule has 23 heavy (non-hydrogen) atoms. The van der Waals surface area contributed by atoms with E-state index in [9.17, 15) is 23.0 Å². The lowest BCUT2D eigenvalue weighted by Crippen LogP contribution is -2.54. The fraction of sp³-hybridized carbons (Fsp3) is 0.333. The molecule has 1 aliphatic rings. The number of amides is 1. The molecule has 0 aliphatic carbocycles. The molecular formula is C12H15BN2O7S. The van der Waals surface area contributed by atoms with Gasteiger partial charge in [0.25, 0.3) is 0 Å². The van der Waals surface area contributed by atoms with Crippen molar-refractivity contribution in [1.29, 1.82) is 0 Å². The molecule has 2 rings (SSSR count). The van der Waals surface area contributed by atoms with Crippen molar-refractivity contribution in [3.63, 3.8) is 0 Å². The van der Waals surface area contributed by atoms with Gasteiger partial charge in [-0.05, 0) is 18.1 Å². The fourth-order valence-electron chi connectivity index (χ4n) is 2.17. The van der Waals surface area contributed by atoms with E-state index in [4.69, 9.17) is 9.76 Å². The van der Waals surface area contributed by atoms with Crippen LogP contribution in [0.3, 0.4) is 0 Å². The maximum absolute atomic E-state index is 11.7. The maximum atomic E-state index is 11.7. The van der Waals surface area contributed by atoms with Gasteiger partial charge in [-0.15, -0.1) is 0 Å². The topological polar surface area (TPSA) is 142 Å². The molecule has 0 bridgehead atoms. The van der Waals surface area contributed by atoms with E-state index in [0.717, 1.165) is 6.26 Å². The van der Waals surface area contributed by atoms with Gasteiger partial charge in [0.1, 0.15) is 5.75 Å². The normalized spacial score (nSPS) is 17.1. The Labute approximate surface area is 132 Å². The highest BCUT2D eigenvalue weighted by Crippen LogP contribution is 2.29. The molecule has 0 spiro atoms. The number of carboxylic acid groups (broad SMARTS) is 1. The number of rotatable bonds is 5. The van der Waals surface area contributed by atoms with E-state index in [1.165, 1.54) is 12.1 Å². The minimum Gasteiger partial charge on any atom is -0.534 e. The Hall–Kier alpha value is -2.11. The lowest BCUT2D eigenvalue weighted by molar-refractivity contribution is -0.120. The van der Waals surface area contributed by atoms with Crippen molar-refractivity contribution in [2.24, 2.45) is 0 Å². The minimum absolute atomic E-state index is 0.0623. The van der Waals surface area contributed by atoms with E-state index in [2.05, 4.69) is 5.32 Å². The van der Waals surface area contributed by atoms with Crippen LogP contribution in [0.15, 0.2) is 18.2 Å². The molecule has 1 aliphatic heterocycles. The number of aromatic carboxylic acids is 1. The fourth-order valence-corrected chi connectivity index (χ4v) is 2.56. The number of carboxylic acids is 1. The number of nitrogens with one attached hydrogen (secondary N) is 2. The first-order valence-corrected chi connectivity index (χ1v) is 8.50. The molecule has 0 fully saturated rings. The Morgan fingerprint density at radius 1 is 1.43 bits per heavy atom. The van der Waals surface area contributed by atoms with Gasteiger partial charge in [0.05, 0.1) is 24.3 Å². The van der Waals surface area contributed by atoms with E-state index >= 15 is 0 Å². The zero-order valence-corrected chi connectivity index (χ0v) is 13.0. The summed E-state index contributed by atoms with van der Waals surface area (Å²) in [7, 11) is -4.95. The molecule has 1 aromatic carbocycles. The smallest absolute Gasteiger partial charge is 0.534 e. The van der Waals surface area contributed by atoms with Crippen molar-refractivity contribution >= 4 is 29.0 Å². The Morgan fingerprint density at radius 2 is 2.13 bits per heavy atom. The van der Waals surface area contributed by atoms with Gasteiger partial charge in [-0.3, -0.25) is 4.79 Å². The summed E-state index contributed by atoms with van der Waals surface area (Å²) >= 11 is 0. The summed E-state index contributed by atoms with van der Waals surface area (Å²) in [5.41, 5.74) is 0.446. The molecular weight excluding hydrogens is 327 g/mol. The molecule has 0 saturated heterocycles. The van der Waals surface area contributed by atoms with Gasteiger partial charge in [-0.2, -0.15) is 0 Å². The quantitative estimate of drug-likeness (QED) is 0.471. The first-order chi connectivity index (χ1) is 10.7. The number of sulfonamides is 1. The lowest BCUT2D eigenvalue weighted by Gasteiger charge is -2.28. The molecule has 0 aromatic heterocycles. The van der Waals surface area contributed by atoms with Crippen LogP contribution in [0.5, 0.6) is 5.75 Å². The van der Waals surface area contributed by atoms with Gasteiger partial charge in [0.2, 0.25) is 15.9 Å². The van der Waals surface area contributed by atoms with Gasteiger partial charge < -0.3 is 20.1 Å². The van der Waals surface area contributed by atoms with Crippen molar-refractivity contribution < 1.29 is 32.8 Å². The third kappa shape index (κ3) is 4.44. The Kier molecular flexibility index (Phi) is 4.92. The first-order valence-electron chi connectivity index (χ1n) is 6.61. The zero-order chi connectivity index (χ0) is 17.2. The second kappa shape index (κ2) is 6.56. The molecule has 124 valence electrons. The maximum Gasteiger partial charge on any atom is 0.547 e. The Bertz CT molecular complexity index is 737. The van der Waals surface area contributed by atoms with Gasteiger partial charge >= 0.3 is 13.1 Å². The number of hydrogen-bond acceptors (Lipinski definition) is 6. The molecule has 0 radical (unpaired) electrons. The van der Waals surface area contributed by atoms with Crippen LogP contribution in [0.1, 0.15) is 15.9 Å². The SMILES string of the molecule is CS(=O)(=O)NCC(=O)NC1Cc2cccc(C(=O)O)c2OB1O. The molecule has 1 amide bonds. The molecule has 4 N–H and O–H groups in total. The highest BCUT2D eigenvalue weighted by molar-refractivity contribution is 7.88. The van der Waals surface area contributed by atoms with Crippen LogP contribution >= 0.6 is 0 Å². The van der Waals surface area contributed by atoms with Crippen molar-refractivity contribution in [3.05, 3.63) is 29.3 Å². The van der Waals surface area contributed by atoms with Gasteiger partial charge in [0.15, 0.2) is 0 Å². The highest BCUT2D eigenvalue weighted by atomic mass is 32.2. The Balaban J connectivity index is 2.08. The third-order valence-corrected chi connectivity index (χ3v) is 3.86. The summed E-state index contributed by atoms with van der Waals surface area (Å²) in [6.45, 7) is -0.468. The predicted molar refractivity (Wildman–Crippen MR) is 80.5 cm³/mol. The minimum atomic E-state index is -3.51. The van der Waals surface area contributed by atoms with E-state index < -0.39 is 41.5 Å². The zero-order valence-electron chi connectivity index (χ0n) is 12.1. The molecule has 1 aromatic rings. The van der Waals surface area contributed by atoms with Gasteiger partial charge in [-0.1, -0.05) is 12.1 Å². The van der Waals surface area contributed by atoms with Crippen LogP contribution in [0.2, 0.25) is 0 Å². The van der Waals surface area contributed by atoms with E-state index in [-0.39, 0.29) is 17.7 Å². The monoisotopic (exact) mass is 342 g/mol. The number of benzene rings is 1. The van der Waals surface area contributed by atoms with Crippen LogP contribution < -0.4 is 14.7 Å². The average Bonchev–Trinajstić information content (AvgIpc) is 2.44. The molecule has 9 nitrogen and oxygen atoms in total. The lowest BCUT2D eigenvalue weighted by atomic mass is 9.72. The number of carbonyl (C=O) groups is 2. The van der Waals surface area contributed by atoms with Crippen LogP contribution in [0.25, 0.3) is 0 Å². The summed E-state index contributed by atoms with van der Waals surface area (Å²) in [5.74, 6) is -2.58. The summed E-state index contributed by atoms with van der Waals surface area (Å²) in [4.78, 5) is 22.8. The van der Waals surface area contributed by atoms with Crippen molar-refractivity contribution in [3.8, 4) is 5.75 Å². The average molecular weight is 342 g/mol. The predicted octanol–water partition coefficient (Wildman–Crippen LogP) is -1.63. The molecule has 1 atom stereocenters. The van der Waals surface area contributed by atoms with Crippen LogP contribution in [-0.4, -0.2) is 56.3 Å². The molecule has 1 heterocycles. The number of fused-ring (bicyclic) bond motifs is 1. The molecule has 0 saturated carbocycles. The largest absolute Gasteiger partial charge is 0.547 e. The highest BCUT2D eigenvalue weighted by Gasteiger charge is 2.37. The van der Waals surface area contributed by atoms with Gasteiger partial charge in [-0.25, -0.2) is 17.9 Å². The number of carbonyl (C=O) groups excluding carboxylic acids is 1. The van der Waals surface area contributed by atoms with Crippen LogP contribution in [-0.2, 0) is 21.2 Å². The van der Waals surface area contributed by atoms with Crippen molar-refractivity contribution in [2.75, 3.05) is 12.8 Å². The first kappa shape index (κ1) is 17.3. The summed E-state index contributed by atoms with van der Waals surface area (Å²) in [6, 6.07) is 4.51. The summed E-state index contributed by atoms with van der Waals surface area (Å²) in [5, 5.41) is 21.5. The standard InChI is InChI=1S/C12H15BN2O7S/c1-23(20,21)14-6-10(16)15-9-5-7-3-2-4-8(12(17)18)11(7)22-13(9)19/h2-4,9,14,19H,5-6H2,1H3,(H,15,16)(H,17,18). The van der Waals surface area contributed by atoms with Crippen molar-refractivity contribution in [2.45, 2.75) is 12.4 Å². The number of para-hydroxylation sites is 1. The number of hydrogen-bond donors (Lipinski definition) is 4. The second-order valence-corrected chi connectivity index (χ2v) is 6.91. The Morgan fingerprint density at radius 3 is 2.74 bits per heavy atom. The summed E-state index contributed by atoms with van der Waals surface area (Å²) in [6.07, 6.45) is 1.07. The van der Waals surface area contributed by atoms with E-state index in [1.54, 1.807) is 6.07 Å². The van der Waals surface area contributed by atoms with E-state index in [1.807, 2.05) is 4.72 Å².